The van der Waals surface area contributed by atoms with Gasteiger partial charge in [-0.05, 0) is 44.4 Å². The van der Waals surface area contributed by atoms with E-state index in [0.29, 0.717) is 12.1 Å². The lowest BCUT2D eigenvalue weighted by molar-refractivity contribution is 0.223. The van der Waals surface area contributed by atoms with Gasteiger partial charge in [0.05, 0.1) is 12.0 Å². The van der Waals surface area contributed by atoms with E-state index in [0.717, 1.165) is 11.8 Å². The van der Waals surface area contributed by atoms with Crippen molar-refractivity contribution in [1.82, 2.24) is 14.9 Å². The first-order chi connectivity index (χ1) is 9.74. The lowest BCUT2D eigenvalue weighted by Crippen LogP contribution is -2.36. The molecule has 0 amide bonds. The number of hydrogen-bond donors (Lipinski definition) is 1. The second-order valence-electron chi connectivity index (χ2n) is 7.04. The summed E-state index contributed by atoms with van der Waals surface area (Å²) in [6.45, 7) is 5.90. The summed E-state index contributed by atoms with van der Waals surface area (Å²) in [6.07, 6.45) is 13.7. The summed E-state index contributed by atoms with van der Waals surface area (Å²) < 4.78 is 2.43. The Kier molecular flexibility index (Phi) is 4.45. The molecule has 1 aromatic rings. The number of nitrogens with one attached hydrogen (secondary N) is 1. The summed E-state index contributed by atoms with van der Waals surface area (Å²) in [5.74, 6) is 1.72. The van der Waals surface area contributed by atoms with Crippen LogP contribution in [0.1, 0.15) is 70.5 Å². The number of rotatable bonds is 3. The monoisotopic (exact) mass is 275 g/mol. The van der Waals surface area contributed by atoms with E-state index in [9.17, 15) is 0 Å². The molecule has 2 heterocycles. The Hall–Kier alpha value is -0.830. The summed E-state index contributed by atoms with van der Waals surface area (Å²) in [7, 11) is 0. The first-order valence-electron chi connectivity index (χ1n) is 8.50. The van der Waals surface area contributed by atoms with Crippen molar-refractivity contribution in [3.05, 3.63) is 18.2 Å². The summed E-state index contributed by atoms with van der Waals surface area (Å²) >= 11 is 0. The molecule has 112 valence electrons. The van der Waals surface area contributed by atoms with Crippen LogP contribution in [0.5, 0.6) is 0 Å². The minimum atomic E-state index is 0.514. The zero-order valence-corrected chi connectivity index (χ0v) is 13.0. The Balaban J connectivity index is 1.69. The standard InChI is InChI=1S/C17H29N3/c1-13-6-3-4-8-15(13)11-20-12-18-10-17(20)16-9-5-7-14(2)19-16/h10,12-16,19H,3-9,11H2,1-2H3. The van der Waals surface area contributed by atoms with Crippen LogP contribution < -0.4 is 5.32 Å². The second kappa shape index (κ2) is 6.30. The molecule has 3 nitrogen and oxygen atoms in total. The van der Waals surface area contributed by atoms with E-state index in [4.69, 9.17) is 0 Å². The third-order valence-electron chi connectivity index (χ3n) is 5.44. The van der Waals surface area contributed by atoms with Crippen molar-refractivity contribution in [3.63, 3.8) is 0 Å². The first-order valence-corrected chi connectivity index (χ1v) is 8.50. The van der Waals surface area contributed by atoms with Crippen LogP contribution in [0.4, 0.5) is 0 Å². The average molecular weight is 275 g/mol. The molecular weight excluding hydrogens is 246 g/mol. The van der Waals surface area contributed by atoms with Crippen LogP contribution in [-0.4, -0.2) is 15.6 Å². The van der Waals surface area contributed by atoms with Crippen molar-refractivity contribution < 1.29 is 0 Å². The Morgan fingerprint density at radius 1 is 1.15 bits per heavy atom. The highest BCUT2D eigenvalue weighted by atomic mass is 15.1. The van der Waals surface area contributed by atoms with Crippen LogP contribution in [-0.2, 0) is 6.54 Å². The molecule has 1 aromatic heterocycles. The minimum absolute atomic E-state index is 0.514. The first kappa shape index (κ1) is 14.1. The molecule has 1 aliphatic heterocycles. The average Bonchev–Trinajstić information content (AvgIpc) is 2.90. The zero-order valence-electron chi connectivity index (χ0n) is 13.0. The van der Waals surface area contributed by atoms with Crippen molar-refractivity contribution >= 4 is 0 Å². The Bertz CT molecular complexity index is 426. The van der Waals surface area contributed by atoms with E-state index in [2.05, 4.69) is 41.2 Å². The molecule has 0 radical (unpaired) electrons. The molecule has 2 fully saturated rings. The second-order valence-corrected chi connectivity index (χ2v) is 7.04. The lowest BCUT2D eigenvalue weighted by atomic mass is 9.80. The molecule has 3 rings (SSSR count). The van der Waals surface area contributed by atoms with E-state index in [1.54, 1.807) is 0 Å². The SMILES string of the molecule is CC1CCCC(c2cncn2CC2CCCCC2C)N1. The number of nitrogens with zero attached hydrogens (tertiary/aromatic N) is 2. The van der Waals surface area contributed by atoms with Gasteiger partial charge in [0.2, 0.25) is 0 Å². The van der Waals surface area contributed by atoms with Gasteiger partial charge >= 0.3 is 0 Å². The molecule has 0 aromatic carbocycles. The predicted octanol–water partition coefficient (Wildman–Crippen LogP) is 3.91. The summed E-state index contributed by atoms with van der Waals surface area (Å²) in [5.41, 5.74) is 1.41. The highest BCUT2D eigenvalue weighted by molar-refractivity contribution is 5.07. The largest absolute Gasteiger partial charge is 0.333 e. The Morgan fingerprint density at radius 3 is 2.80 bits per heavy atom. The third kappa shape index (κ3) is 3.08. The third-order valence-corrected chi connectivity index (χ3v) is 5.44. The van der Waals surface area contributed by atoms with Crippen molar-refractivity contribution in [3.8, 4) is 0 Å². The van der Waals surface area contributed by atoms with Crippen LogP contribution in [0.3, 0.4) is 0 Å². The number of piperidine rings is 1. The molecule has 0 bridgehead atoms. The van der Waals surface area contributed by atoms with Crippen LogP contribution in [0.15, 0.2) is 12.5 Å². The fourth-order valence-corrected chi connectivity index (χ4v) is 4.06. The normalized spacial score (nSPS) is 35.1. The smallest absolute Gasteiger partial charge is 0.0948 e. The van der Waals surface area contributed by atoms with Gasteiger partial charge in [0, 0.05) is 24.8 Å². The highest BCUT2D eigenvalue weighted by Crippen LogP contribution is 2.32. The molecule has 1 aliphatic carbocycles. The van der Waals surface area contributed by atoms with E-state index in [1.807, 2.05) is 0 Å². The van der Waals surface area contributed by atoms with Gasteiger partial charge in [0.1, 0.15) is 0 Å². The van der Waals surface area contributed by atoms with Crippen LogP contribution in [0.2, 0.25) is 0 Å². The maximum absolute atomic E-state index is 4.44. The van der Waals surface area contributed by atoms with E-state index >= 15 is 0 Å². The molecule has 4 unspecified atom stereocenters. The molecule has 0 spiro atoms. The van der Waals surface area contributed by atoms with Crippen LogP contribution >= 0.6 is 0 Å². The maximum Gasteiger partial charge on any atom is 0.0948 e. The van der Waals surface area contributed by atoms with Gasteiger partial charge in [-0.25, -0.2) is 4.98 Å². The highest BCUT2D eigenvalue weighted by Gasteiger charge is 2.25. The molecule has 1 saturated carbocycles. The van der Waals surface area contributed by atoms with Crippen LogP contribution in [0.25, 0.3) is 0 Å². The minimum Gasteiger partial charge on any atom is -0.333 e. The van der Waals surface area contributed by atoms with Crippen LogP contribution in [0, 0.1) is 11.8 Å². The number of imidazole rings is 1. The molecule has 20 heavy (non-hydrogen) atoms. The molecular formula is C17H29N3. The van der Waals surface area contributed by atoms with Gasteiger partial charge in [-0.3, -0.25) is 0 Å². The Morgan fingerprint density at radius 2 is 2.00 bits per heavy atom. The topological polar surface area (TPSA) is 29.9 Å². The van der Waals surface area contributed by atoms with Crippen molar-refractivity contribution in [2.45, 2.75) is 77.4 Å². The lowest BCUT2D eigenvalue weighted by Gasteiger charge is -2.32. The number of aromatic nitrogens is 2. The fourth-order valence-electron chi connectivity index (χ4n) is 4.06. The number of hydrogen-bond acceptors (Lipinski definition) is 2. The van der Waals surface area contributed by atoms with Gasteiger partial charge in [0.25, 0.3) is 0 Å². The fraction of sp³-hybridized carbons (Fsp3) is 0.824. The van der Waals surface area contributed by atoms with E-state index in [1.165, 1.54) is 57.2 Å². The van der Waals surface area contributed by atoms with Crippen molar-refractivity contribution in [1.29, 1.82) is 0 Å². The van der Waals surface area contributed by atoms with E-state index < -0.39 is 0 Å². The van der Waals surface area contributed by atoms with Gasteiger partial charge in [-0.2, -0.15) is 0 Å². The summed E-state index contributed by atoms with van der Waals surface area (Å²) in [5, 5.41) is 3.75. The van der Waals surface area contributed by atoms with Crippen molar-refractivity contribution in [2.24, 2.45) is 11.8 Å². The van der Waals surface area contributed by atoms with Crippen molar-refractivity contribution in [2.75, 3.05) is 0 Å². The summed E-state index contributed by atoms with van der Waals surface area (Å²) in [4.78, 5) is 4.44. The van der Waals surface area contributed by atoms with Gasteiger partial charge in [0.15, 0.2) is 0 Å². The predicted molar refractivity (Wildman–Crippen MR) is 82.5 cm³/mol. The molecule has 3 heteroatoms. The quantitative estimate of drug-likeness (QED) is 0.906. The molecule has 2 aliphatic rings. The maximum atomic E-state index is 4.44. The van der Waals surface area contributed by atoms with Gasteiger partial charge in [-0.1, -0.05) is 26.2 Å². The Labute approximate surface area is 123 Å². The molecule has 1 N–H and O–H groups in total. The van der Waals surface area contributed by atoms with Gasteiger partial charge < -0.3 is 9.88 Å². The molecule has 4 atom stereocenters. The summed E-state index contributed by atoms with van der Waals surface area (Å²) in [6, 6.07) is 1.16. The molecule has 1 saturated heterocycles. The zero-order chi connectivity index (χ0) is 13.9. The van der Waals surface area contributed by atoms with E-state index in [-0.39, 0.29) is 0 Å². The van der Waals surface area contributed by atoms with Gasteiger partial charge in [-0.15, -0.1) is 0 Å².